The summed E-state index contributed by atoms with van der Waals surface area (Å²) in [7, 11) is 0. The van der Waals surface area contributed by atoms with Crippen molar-refractivity contribution in [3.8, 4) is 0 Å². The first-order valence-electron chi connectivity index (χ1n) is 7.41. The van der Waals surface area contributed by atoms with Gasteiger partial charge >= 0.3 is 0 Å². The van der Waals surface area contributed by atoms with Gasteiger partial charge in [0.15, 0.2) is 0 Å². The Labute approximate surface area is 138 Å². The van der Waals surface area contributed by atoms with E-state index in [0.717, 1.165) is 21.8 Å². The molecule has 2 aromatic rings. The molecule has 1 N–H and O–H groups in total. The Kier molecular flexibility index (Phi) is 4.55. The second kappa shape index (κ2) is 6.41. The number of aryl methyl sites for hydroxylation is 1. The van der Waals surface area contributed by atoms with E-state index in [1.165, 1.54) is 32.1 Å². The quantitative estimate of drug-likeness (QED) is 0.735. The standard InChI is InChI=1S/C16H19BrClN3/c1-11-10-21(12-6-3-2-4-7-12)16(19-11)20-14-9-5-8-13(18)15(14)17/h5,8-10,12H,2-4,6-7H2,1H3,(H,19,20). The third-order valence-corrected chi connectivity index (χ3v) is 5.42. The van der Waals surface area contributed by atoms with Gasteiger partial charge in [0.2, 0.25) is 5.95 Å². The zero-order valence-electron chi connectivity index (χ0n) is 12.1. The molecule has 1 aromatic heterocycles. The number of imidazole rings is 1. The van der Waals surface area contributed by atoms with E-state index in [9.17, 15) is 0 Å². The molecule has 1 saturated carbocycles. The van der Waals surface area contributed by atoms with Crippen molar-refractivity contribution in [2.45, 2.75) is 45.1 Å². The summed E-state index contributed by atoms with van der Waals surface area (Å²) in [6.45, 7) is 2.04. The number of aromatic nitrogens is 2. The number of hydrogen-bond acceptors (Lipinski definition) is 2. The molecule has 0 amide bonds. The monoisotopic (exact) mass is 367 g/mol. The van der Waals surface area contributed by atoms with Gasteiger partial charge in [-0.15, -0.1) is 0 Å². The highest BCUT2D eigenvalue weighted by Gasteiger charge is 2.19. The van der Waals surface area contributed by atoms with Gasteiger partial charge in [0.1, 0.15) is 0 Å². The smallest absolute Gasteiger partial charge is 0.207 e. The highest BCUT2D eigenvalue weighted by atomic mass is 79.9. The van der Waals surface area contributed by atoms with E-state index < -0.39 is 0 Å². The second-order valence-corrected chi connectivity index (χ2v) is 6.83. The van der Waals surface area contributed by atoms with Crippen molar-refractivity contribution < 1.29 is 0 Å². The molecule has 112 valence electrons. The highest BCUT2D eigenvalue weighted by molar-refractivity contribution is 9.10. The Hall–Kier alpha value is -1.000. The number of halogens is 2. The molecule has 3 rings (SSSR count). The summed E-state index contributed by atoms with van der Waals surface area (Å²) in [5.74, 6) is 0.905. The lowest BCUT2D eigenvalue weighted by molar-refractivity contribution is 0.356. The van der Waals surface area contributed by atoms with Crippen molar-refractivity contribution in [1.29, 1.82) is 0 Å². The molecule has 0 atom stereocenters. The molecule has 0 unspecified atom stereocenters. The normalized spacial score (nSPS) is 16.1. The fourth-order valence-corrected chi connectivity index (χ4v) is 3.50. The van der Waals surface area contributed by atoms with Crippen LogP contribution in [0.5, 0.6) is 0 Å². The van der Waals surface area contributed by atoms with Gasteiger partial charge in [0.25, 0.3) is 0 Å². The van der Waals surface area contributed by atoms with Gasteiger partial charge in [-0.3, -0.25) is 0 Å². The summed E-state index contributed by atoms with van der Waals surface area (Å²) in [6.07, 6.45) is 8.59. The molecule has 1 aliphatic rings. The molecular weight excluding hydrogens is 350 g/mol. The molecular formula is C16H19BrClN3. The van der Waals surface area contributed by atoms with E-state index in [0.29, 0.717) is 11.1 Å². The average Bonchev–Trinajstić information content (AvgIpc) is 2.86. The van der Waals surface area contributed by atoms with Gasteiger partial charge in [-0.2, -0.15) is 0 Å². The van der Waals surface area contributed by atoms with Gasteiger partial charge < -0.3 is 9.88 Å². The molecule has 0 spiro atoms. The minimum atomic E-state index is 0.556. The minimum Gasteiger partial charge on any atom is -0.325 e. The van der Waals surface area contributed by atoms with Crippen molar-refractivity contribution in [3.63, 3.8) is 0 Å². The maximum absolute atomic E-state index is 6.16. The predicted molar refractivity (Wildman–Crippen MR) is 91.5 cm³/mol. The van der Waals surface area contributed by atoms with Crippen molar-refractivity contribution in [2.75, 3.05) is 5.32 Å². The first-order valence-corrected chi connectivity index (χ1v) is 8.59. The number of nitrogens with one attached hydrogen (secondary N) is 1. The van der Waals surface area contributed by atoms with Crippen LogP contribution in [0.25, 0.3) is 0 Å². The topological polar surface area (TPSA) is 29.9 Å². The fourth-order valence-electron chi connectivity index (χ4n) is 2.97. The Morgan fingerprint density at radius 3 is 2.81 bits per heavy atom. The van der Waals surface area contributed by atoms with E-state index in [2.05, 4.69) is 37.0 Å². The maximum atomic E-state index is 6.16. The lowest BCUT2D eigenvalue weighted by atomic mass is 9.95. The number of anilines is 2. The van der Waals surface area contributed by atoms with Gasteiger partial charge in [-0.05, 0) is 47.8 Å². The molecule has 0 saturated heterocycles. The van der Waals surface area contributed by atoms with Crippen molar-refractivity contribution >= 4 is 39.2 Å². The van der Waals surface area contributed by atoms with E-state index in [1.807, 2.05) is 25.1 Å². The molecule has 3 nitrogen and oxygen atoms in total. The van der Waals surface area contributed by atoms with Crippen LogP contribution in [0, 0.1) is 6.92 Å². The summed E-state index contributed by atoms with van der Waals surface area (Å²) >= 11 is 9.69. The van der Waals surface area contributed by atoms with Gasteiger partial charge in [-0.1, -0.05) is 36.9 Å². The average molecular weight is 369 g/mol. The lowest BCUT2D eigenvalue weighted by Crippen LogP contribution is -2.14. The zero-order chi connectivity index (χ0) is 14.8. The van der Waals surface area contributed by atoms with Gasteiger partial charge in [-0.25, -0.2) is 4.98 Å². The van der Waals surface area contributed by atoms with E-state index >= 15 is 0 Å². The molecule has 1 aromatic carbocycles. The molecule has 5 heteroatoms. The van der Waals surface area contributed by atoms with Crippen molar-refractivity contribution in [1.82, 2.24) is 9.55 Å². The van der Waals surface area contributed by atoms with E-state index in [1.54, 1.807) is 0 Å². The van der Waals surface area contributed by atoms with Crippen LogP contribution in [0.4, 0.5) is 11.6 Å². The zero-order valence-corrected chi connectivity index (χ0v) is 14.4. The summed E-state index contributed by atoms with van der Waals surface area (Å²) in [5.41, 5.74) is 1.99. The third-order valence-electron chi connectivity index (χ3n) is 4.02. The summed E-state index contributed by atoms with van der Waals surface area (Å²) in [6, 6.07) is 6.37. The minimum absolute atomic E-state index is 0.556. The molecule has 1 aliphatic carbocycles. The highest BCUT2D eigenvalue weighted by Crippen LogP contribution is 2.35. The van der Waals surface area contributed by atoms with Crippen LogP contribution in [-0.4, -0.2) is 9.55 Å². The molecule has 1 heterocycles. The Balaban J connectivity index is 1.89. The van der Waals surface area contributed by atoms with Crippen molar-refractivity contribution in [2.24, 2.45) is 0 Å². The van der Waals surface area contributed by atoms with E-state index in [-0.39, 0.29) is 0 Å². The first kappa shape index (κ1) is 14.9. The van der Waals surface area contributed by atoms with Crippen LogP contribution in [0.1, 0.15) is 43.8 Å². The van der Waals surface area contributed by atoms with E-state index in [4.69, 9.17) is 11.6 Å². The van der Waals surface area contributed by atoms with Gasteiger partial charge in [0, 0.05) is 12.2 Å². The number of nitrogens with zero attached hydrogens (tertiary/aromatic N) is 2. The first-order chi connectivity index (χ1) is 10.1. The third kappa shape index (κ3) is 3.27. The molecule has 1 fully saturated rings. The lowest BCUT2D eigenvalue weighted by Gasteiger charge is -2.25. The Bertz CT molecular complexity index is 632. The number of benzene rings is 1. The fraction of sp³-hybridized carbons (Fsp3) is 0.438. The van der Waals surface area contributed by atoms with Crippen LogP contribution < -0.4 is 5.32 Å². The van der Waals surface area contributed by atoms with Crippen LogP contribution >= 0.6 is 27.5 Å². The maximum Gasteiger partial charge on any atom is 0.207 e. The Morgan fingerprint density at radius 2 is 2.05 bits per heavy atom. The van der Waals surface area contributed by atoms with Crippen LogP contribution in [0.15, 0.2) is 28.9 Å². The summed E-state index contributed by atoms with van der Waals surface area (Å²) in [5, 5.41) is 4.12. The van der Waals surface area contributed by atoms with Crippen LogP contribution in [0.2, 0.25) is 5.02 Å². The molecule has 21 heavy (non-hydrogen) atoms. The molecule has 0 bridgehead atoms. The summed E-state index contributed by atoms with van der Waals surface area (Å²) < 4.78 is 3.17. The number of hydrogen-bond donors (Lipinski definition) is 1. The number of rotatable bonds is 3. The van der Waals surface area contributed by atoms with Crippen LogP contribution in [-0.2, 0) is 0 Å². The van der Waals surface area contributed by atoms with Crippen molar-refractivity contribution in [3.05, 3.63) is 39.6 Å². The SMILES string of the molecule is Cc1cn(C2CCCCC2)c(Nc2cccc(Cl)c2Br)n1. The second-order valence-electron chi connectivity index (χ2n) is 5.63. The Morgan fingerprint density at radius 1 is 1.29 bits per heavy atom. The molecule has 0 radical (unpaired) electrons. The summed E-state index contributed by atoms with van der Waals surface area (Å²) in [4.78, 5) is 4.64. The van der Waals surface area contributed by atoms with Gasteiger partial charge in [0.05, 0.1) is 20.9 Å². The van der Waals surface area contributed by atoms with Crippen LogP contribution in [0.3, 0.4) is 0 Å². The largest absolute Gasteiger partial charge is 0.325 e. The predicted octanol–water partition coefficient (Wildman–Crippen LogP) is 5.86. The molecule has 0 aliphatic heterocycles.